The predicted molar refractivity (Wildman–Crippen MR) is 94.0 cm³/mol. The summed E-state index contributed by atoms with van der Waals surface area (Å²) in [5, 5.41) is 0. The number of alkyl halides is 3. The molecule has 28 heavy (non-hydrogen) atoms. The number of pyridine rings is 1. The summed E-state index contributed by atoms with van der Waals surface area (Å²) in [6, 6.07) is 9.47. The molecule has 0 fully saturated rings. The highest BCUT2D eigenvalue weighted by Crippen LogP contribution is 2.22. The van der Waals surface area contributed by atoms with Crippen LogP contribution in [-0.2, 0) is 0 Å². The highest BCUT2D eigenvalue weighted by atomic mass is 19.4. The van der Waals surface area contributed by atoms with Gasteiger partial charge in [0.25, 0.3) is 5.56 Å². The van der Waals surface area contributed by atoms with Crippen LogP contribution in [0.3, 0.4) is 0 Å². The number of hydrogen-bond donors (Lipinski definition) is 1. The van der Waals surface area contributed by atoms with Crippen LogP contribution in [0.1, 0.15) is 0 Å². The van der Waals surface area contributed by atoms with Gasteiger partial charge in [-0.05, 0) is 30.3 Å². The SMILES string of the molecule is COc1nc(-c2cc[nH]c(=O)c2)cc(=O)n1-c1ccc(OCC(F)(F)F)cc1. The molecule has 0 aliphatic rings. The van der Waals surface area contributed by atoms with E-state index < -0.39 is 18.3 Å². The monoisotopic (exact) mass is 393 g/mol. The van der Waals surface area contributed by atoms with E-state index in [0.717, 1.165) is 4.57 Å². The zero-order valence-corrected chi connectivity index (χ0v) is 14.5. The van der Waals surface area contributed by atoms with Gasteiger partial charge >= 0.3 is 12.2 Å². The first-order valence-electron chi connectivity index (χ1n) is 7.94. The number of nitrogens with one attached hydrogen (secondary N) is 1. The summed E-state index contributed by atoms with van der Waals surface area (Å²) in [6.07, 6.45) is -3.02. The Bertz CT molecular complexity index is 1090. The van der Waals surface area contributed by atoms with Crippen LogP contribution in [0.4, 0.5) is 13.2 Å². The zero-order valence-electron chi connectivity index (χ0n) is 14.5. The van der Waals surface area contributed by atoms with Gasteiger partial charge in [0.2, 0.25) is 5.56 Å². The lowest BCUT2D eigenvalue weighted by Crippen LogP contribution is -2.21. The Morgan fingerprint density at radius 2 is 1.82 bits per heavy atom. The first-order chi connectivity index (χ1) is 13.3. The first-order valence-corrected chi connectivity index (χ1v) is 7.94. The Kier molecular flexibility index (Phi) is 5.21. The lowest BCUT2D eigenvalue weighted by atomic mass is 10.2. The third-order valence-corrected chi connectivity index (χ3v) is 3.64. The van der Waals surface area contributed by atoms with E-state index in [9.17, 15) is 22.8 Å². The number of rotatable bonds is 5. The smallest absolute Gasteiger partial charge is 0.422 e. The Morgan fingerprint density at radius 1 is 1.11 bits per heavy atom. The zero-order chi connectivity index (χ0) is 20.3. The van der Waals surface area contributed by atoms with E-state index in [1.165, 1.54) is 49.7 Å². The van der Waals surface area contributed by atoms with Crippen molar-refractivity contribution in [3.63, 3.8) is 0 Å². The van der Waals surface area contributed by atoms with Crippen LogP contribution < -0.4 is 20.6 Å². The number of nitrogens with zero attached hydrogens (tertiary/aromatic N) is 2. The van der Waals surface area contributed by atoms with Gasteiger partial charge in [0.15, 0.2) is 6.61 Å². The molecule has 0 spiro atoms. The highest BCUT2D eigenvalue weighted by Gasteiger charge is 2.28. The van der Waals surface area contributed by atoms with Crippen LogP contribution in [-0.4, -0.2) is 34.4 Å². The molecule has 2 heterocycles. The Balaban J connectivity index is 1.96. The van der Waals surface area contributed by atoms with Gasteiger partial charge in [-0.25, -0.2) is 4.57 Å². The molecule has 0 aliphatic heterocycles. The Hall–Kier alpha value is -3.56. The summed E-state index contributed by atoms with van der Waals surface area (Å²) in [6.45, 7) is -1.41. The molecule has 0 saturated heterocycles. The molecule has 0 unspecified atom stereocenters. The molecule has 0 aliphatic carbocycles. The fourth-order valence-electron chi connectivity index (χ4n) is 2.44. The van der Waals surface area contributed by atoms with Crippen molar-refractivity contribution < 1.29 is 22.6 Å². The lowest BCUT2D eigenvalue weighted by Gasteiger charge is -2.13. The molecular formula is C18H14F3N3O4. The fraction of sp³-hybridized carbons (Fsp3) is 0.167. The van der Waals surface area contributed by atoms with Crippen LogP contribution in [0, 0.1) is 0 Å². The molecule has 10 heteroatoms. The van der Waals surface area contributed by atoms with Crippen molar-refractivity contribution in [2.75, 3.05) is 13.7 Å². The van der Waals surface area contributed by atoms with Crippen LogP contribution in [0.2, 0.25) is 0 Å². The summed E-state index contributed by atoms with van der Waals surface area (Å²) >= 11 is 0. The standard InChI is InChI=1S/C18H14F3N3O4/c1-27-17-23-14(11-6-7-22-15(25)8-11)9-16(26)24(17)12-2-4-13(5-3-12)28-10-18(19,20)21/h2-9H,10H2,1H3,(H,22,25). The molecule has 146 valence electrons. The lowest BCUT2D eigenvalue weighted by molar-refractivity contribution is -0.153. The molecule has 1 aromatic carbocycles. The van der Waals surface area contributed by atoms with Gasteiger partial charge in [-0.2, -0.15) is 18.2 Å². The first kappa shape index (κ1) is 19.2. The van der Waals surface area contributed by atoms with Crippen LogP contribution in [0.5, 0.6) is 11.8 Å². The summed E-state index contributed by atoms with van der Waals surface area (Å²) < 4.78 is 47.6. The largest absolute Gasteiger partial charge is 0.484 e. The number of aromatic nitrogens is 3. The maximum atomic E-state index is 12.6. The van der Waals surface area contributed by atoms with Crippen molar-refractivity contribution in [3.8, 4) is 28.7 Å². The number of methoxy groups -OCH3 is 1. The van der Waals surface area contributed by atoms with Crippen LogP contribution >= 0.6 is 0 Å². The van der Waals surface area contributed by atoms with Crippen molar-refractivity contribution in [2.45, 2.75) is 6.18 Å². The number of aromatic amines is 1. The number of ether oxygens (including phenoxy) is 2. The van der Waals surface area contributed by atoms with E-state index in [-0.39, 0.29) is 23.0 Å². The molecule has 0 bridgehead atoms. The minimum atomic E-state index is -4.45. The summed E-state index contributed by atoms with van der Waals surface area (Å²) in [7, 11) is 1.32. The molecule has 3 aromatic rings. The minimum Gasteiger partial charge on any atom is -0.484 e. The van der Waals surface area contributed by atoms with Crippen molar-refractivity contribution in [1.82, 2.24) is 14.5 Å². The normalized spacial score (nSPS) is 11.3. The van der Waals surface area contributed by atoms with Gasteiger partial charge in [-0.1, -0.05) is 0 Å². The predicted octanol–water partition coefficient (Wildman–Crippen LogP) is 2.54. The second kappa shape index (κ2) is 7.59. The number of benzene rings is 1. The van der Waals surface area contributed by atoms with Crippen molar-refractivity contribution in [3.05, 3.63) is 69.4 Å². The van der Waals surface area contributed by atoms with Crippen molar-refractivity contribution >= 4 is 0 Å². The fourth-order valence-corrected chi connectivity index (χ4v) is 2.44. The maximum Gasteiger partial charge on any atom is 0.422 e. The molecule has 1 N–H and O–H groups in total. The maximum absolute atomic E-state index is 12.6. The van der Waals surface area contributed by atoms with Gasteiger partial charge in [0.05, 0.1) is 18.5 Å². The van der Waals surface area contributed by atoms with Crippen LogP contribution in [0.25, 0.3) is 16.9 Å². The van der Waals surface area contributed by atoms with Gasteiger partial charge in [0, 0.05) is 23.9 Å². The summed E-state index contributed by atoms with van der Waals surface area (Å²) in [4.78, 5) is 30.8. The number of halogens is 3. The summed E-state index contributed by atoms with van der Waals surface area (Å²) in [5.41, 5.74) is 0.158. The van der Waals surface area contributed by atoms with Gasteiger partial charge in [-0.15, -0.1) is 0 Å². The van der Waals surface area contributed by atoms with E-state index in [0.29, 0.717) is 11.3 Å². The molecule has 0 radical (unpaired) electrons. The Morgan fingerprint density at radius 3 is 2.43 bits per heavy atom. The van der Waals surface area contributed by atoms with Crippen molar-refractivity contribution in [2.24, 2.45) is 0 Å². The van der Waals surface area contributed by atoms with Gasteiger partial charge in [-0.3, -0.25) is 9.59 Å². The average Bonchev–Trinajstić information content (AvgIpc) is 2.65. The van der Waals surface area contributed by atoms with Crippen LogP contribution in [0.15, 0.2) is 58.3 Å². The third kappa shape index (κ3) is 4.40. The molecule has 7 nitrogen and oxygen atoms in total. The minimum absolute atomic E-state index is 0.00109. The molecule has 0 atom stereocenters. The second-order valence-corrected chi connectivity index (χ2v) is 5.64. The number of H-pyrrole nitrogens is 1. The molecule has 0 saturated carbocycles. The molecular weight excluding hydrogens is 379 g/mol. The average molecular weight is 393 g/mol. The van der Waals surface area contributed by atoms with E-state index in [1.807, 2.05) is 0 Å². The van der Waals surface area contributed by atoms with E-state index in [1.54, 1.807) is 6.07 Å². The van der Waals surface area contributed by atoms with Gasteiger partial charge < -0.3 is 14.5 Å². The topological polar surface area (TPSA) is 86.2 Å². The molecule has 0 amide bonds. The van der Waals surface area contributed by atoms with E-state index in [4.69, 9.17) is 4.74 Å². The molecule has 2 aromatic heterocycles. The third-order valence-electron chi connectivity index (χ3n) is 3.64. The molecule has 3 rings (SSSR count). The number of hydrogen-bond acceptors (Lipinski definition) is 5. The van der Waals surface area contributed by atoms with Gasteiger partial charge in [0.1, 0.15) is 5.75 Å². The van der Waals surface area contributed by atoms with E-state index in [2.05, 4.69) is 14.7 Å². The quantitative estimate of drug-likeness (QED) is 0.720. The van der Waals surface area contributed by atoms with E-state index >= 15 is 0 Å². The van der Waals surface area contributed by atoms with Crippen molar-refractivity contribution in [1.29, 1.82) is 0 Å². The highest BCUT2D eigenvalue weighted by molar-refractivity contribution is 5.58. The second-order valence-electron chi connectivity index (χ2n) is 5.64. The summed E-state index contributed by atoms with van der Waals surface area (Å²) in [5.74, 6) is 0.00109. The Labute approximate surface area is 156 Å².